The summed E-state index contributed by atoms with van der Waals surface area (Å²) in [7, 11) is 0. The van der Waals surface area contributed by atoms with E-state index < -0.39 is 73.6 Å². The highest BCUT2D eigenvalue weighted by atomic mass is 16.7. The lowest BCUT2D eigenvalue weighted by atomic mass is 9.64. The molecular weight excluding hydrogens is 336 g/mol. The van der Waals surface area contributed by atoms with Gasteiger partial charge in [-0.25, -0.2) is 0 Å². The van der Waals surface area contributed by atoms with Crippen molar-refractivity contribution < 1.29 is 60.5 Å². The normalized spacial score (nSPS) is 56.2. The molecule has 0 spiro atoms. The van der Waals surface area contributed by atoms with Crippen LogP contribution in [-0.2, 0) is 9.47 Å². The van der Waals surface area contributed by atoms with Crippen molar-refractivity contribution in [2.75, 3.05) is 13.2 Å². The molecule has 24 heavy (non-hydrogen) atoms. The Bertz CT molecular complexity index is 436. The summed E-state index contributed by atoms with van der Waals surface area (Å²) in [6.07, 6.45) is -17.2. The van der Waals surface area contributed by atoms with Crippen molar-refractivity contribution in [3.8, 4) is 0 Å². The second-order valence-corrected chi connectivity index (χ2v) is 5.92. The molecule has 12 nitrogen and oxygen atoms in total. The third-order valence-corrected chi connectivity index (χ3v) is 4.69. The molecule has 0 saturated carbocycles. The van der Waals surface area contributed by atoms with E-state index >= 15 is 0 Å². The lowest BCUT2D eigenvalue weighted by Crippen LogP contribution is -2.85. The van der Waals surface area contributed by atoms with Gasteiger partial charge in [0.05, 0.1) is 13.2 Å². The molecular formula is C12H22O12. The molecule has 0 amide bonds. The molecule has 2 saturated heterocycles. The van der Waals surface area contributed by atoms with E-state index in [1.807, 2.05) is 0 Å². The SMILES string of the molecule is OC[C@H]1O[C@H](O)[C@H](O)[C@](O)([C@]2(O)[C@H](O)[C@@H](O)[C@@H](O)O[C@@H]2CO)[C@H]1O. The van der Waals surface area contributed by atoms with Crippen molar-refractivity contribution >= 4 is 0 Å². The van der Waals surface area contributed by atoms with Gasteiger partial charge in [-0.15, -0.1) is 0 Å². The zero-order valence-corrected chi connectivity index (χ0v) is 12.3. The van der Waals surface area contributed by atoms with Gasteiger partial charge >= 0.3 is 0 Å². The summed E-state index contributed by atoms with van der Waals surface area (Å²) in [4.78, 5) is 0. The number of rotatable bonds is 3. The summed E-state index contributed by atoms with van der Waals surface area (Å²) >= 11 is 0. The first-order valence-electron chi connectivity index (χ1n) is 7.13. The molecule has 0 aromatic heterocycles. The first kappa shape index (κ1) is 19.8. The third kappa shape index (κ3) is 2.47. The van der Waals surface area contributed by atoms with Crippen LogP contribution in [0.3, 0.4) is 0 Å². The Morgan fingerprint density at radius 2 is 1.25 bits per heavy atom. The molecule has 0 unspecified atom stereocenters. The van der Waals surface area contributed by atoms with Gasteiger partial charge < -0.3 is 60.5 Å². The Balaban J connectivity index is 2.57. The van der Waals surface area contributed by atoms with Crippen LogP contribution < -0.4 is 0 Å². The lowest BCUT2D eigenvalue weighted by molar-refractivity contribution is -0.413. The van der Waals surface area contributed by atoms with E-state index in [1.54, 1.807) is 0 Å². The van der Waals surface area contributed by atoms with Crippen molar-refractivity contribution in [1.82, 2.24) is 0 Å². The summed E-state index contributed by atoms with van der Waals surface area (Å²) in [5.74, 6) is 0. The van der Waals surface area contributed by atoms with Crippen LogP contribution in [0.1, 0.15) is 0 Å². The Hall–Kier alpha value is -0.480. The Kier molecular flexibility index (Phi) is 5.52. The summed E-state index contributed by atoms with van der Waals surface area (Å²) in [6.45, 7) is -2.06. The van der Waals surface area contributed by atoms with Gasteiger partial charge in [0.1, 0.15) is 36.6 Å². The van der Waals surface area contributed by atoms with Crippen LogP contribution in [0.5, 0.6) is 0 Å². The molecule has 142 valence electrons. The van der Waals surface area contributed by atoms with Crippen molar-refractivity contribution in [2.24, 2.45) is 0 Å². The molecule has 0 bridgehead atoms. The second-order valence-electron chi connectivity index (χ2n) is 5.92. The van der Waals surface area contributed by atoms with Gasteiger partial charge in [-0.2, -0.15) is 0 Å². The average Bonchev–Trinajstić information content (AvgIpc) is 2.57. The van der Waals surface area contributed by atoms with Gasteiger partial charge in [0.2, 0.25) is 0 Å². The maximum absolute atomic E-state index is 10.8. The van der Waals surface area contributed by atoms with E-state index in [2.05, 4.69) is 4.74 Å². The largest absolute Gasteiger partial charge is 0.394 e. The minimum atomic E-state index is -3.22. The number of ether oxygens (including phenoxy) is 2. The molecule has 2 aliphatic rings. The van der Waals surface area contributed by atoms with E-state index in [1.165, 1.54) is 0 Å². The number of hydrogen-bond acceptors (Lipinski definition) is 12. The van der Waals surface area contributed by atoms with Gasteiger partial charge in [0.25, 0.3) is 0 Å². The summed E-state index contributed by atoms with van der Waals surface area (Å²) in [5, 5.41) is 99.4. The van der Waals surface area contributed by atoms with Gasteiger partial charge in [0, 0.05) is 0 Å². The second kappa shape index (κ2) is 6.68. The van der Waals surface area contributed by atoms with Crippen LogP contribution >= 0.6 is 0 Å². The zero-order chi connectivity index (χ0) is 18.4. The smallest absolute Gasteiger partial charge is 0.184 e. The van der Waals surface area contributed by atoms with Crippen molar-refractivity contribution in [1.29, 1.82) is 0 Å². The Morgan fingerprint density at radius 3 is 1.75 bits per heavy atom. The van der Waals surface area contributed by atoms with Crippen LogP contribution in [0.25, 0.3) is 0 Å². The third-order valence-electron chi connectivity index (χ3n) is 4.69. The van der Waals surface area contributed by atoms with Crippen LogP contribution in [0, 0.1) is 0 Å². The minimum absolute atomic E-state index is 0.949. The first-order chi connectivity index (χ1) is 11.1. The van der Waals surface area contributed by atoms with Gasteiger partial charge in [-0.05, 0) is 0 Å². The molecule has 2 fully saturated rings. The fraction of sp³-hybridized carbons (Fsp3) is 1.00. The minimum Gasteiger partial charge on any atom is -0.394 e. The maximum Gasteiger partial charge on any atom is 0.184 e. The van der Waals surface area contributed by atoms with E-state index in [9.17, 15) is 46.0 Å². The van der Waals surface area contributed by atoms with E-state index in [4.69, 9.17) is 9.84 Å². The quantitative estimate of drug-likeness (QED) is 0.227. The highest BCUT2D eigenvalue weighted by molar-refractivity contribution is 5.20. The molecule has 0 aliphatic carbocycles. The summed E-state index contributed by atoms with van der Waals surface area (Å²) in [6, 6.07) is 0. The molecule has 2 aliphatic heterocycles. The van der Waals surface area contributed by atoms with Crippen molar-refractivity contribution in [3.05, 3.63) is 0 Å². The molecule has 10 N–H and O–H groups in total. The number of aliphatic hydroxyl groups excluding tert-OH is 8. The fourth-order valence-electron chi connectivity index (χ4n) is 3.26. The topological polar surface area (TPSA) is 221 Å². The van der Waals surface area contributed by atoms with Gasteiger partial charge in [-0.3, -0.25) is 0 Å². The predicted octanol–water partition coefficient (Wildman–Crippen LogP) is -6.69. The molecule has 0 aromatic rings. The highest BCUT2D eigenvalue weighted by Crippen LogP contribution is 2.45. The van der Waals surface area contributed by atoms with Gasteiger partial charge in [0.15, 0.2) is 23.8 Å². The molecule has 0 radical (unpaired) electrons. The Labute approximate surface area is 135 Å². The monoisotopic (exact) mass is 358 g/mol. The molecule has 0 aromatic carbocycles. The summed E-state index contributed by atoms with van der Waals surface area (Å²) < 4.78 is 9.41. The maximum atomic E-state index is 10.8. The van der Waals surface area contributed by atoms with Crippen LogP contribution in [-0.4, -0.2) is 125 Å². The van der Waals surface area contributed by atoms with E-state index in [0.29, 0.717) is 0 Å². The molecule has 12 heteroatoms. The Morgan fingerprint density at radius 1 is 0.667 bits per heavy atom. The molecule has 2 rings (SSSR count). The summed E-state index contributed by atoms with van der Waals surface area (Å²) in [5.41, 5.74) is -6.37. The van der Waals surface area contributed by atoms with Crippen molar-refractivity contribution in [3.63, 3.8) is 0 Å². The van der Waals surface area contributed by atoms with Crippen molar-refractivity contribution in [2.45, 2.75) is 60.4 Å². The van der Waals surface area contributed by atoms with E-state index in [-0.39, 0.29) is 0 Å². The van der Waals surface area contributed by atoms with Gasteiger partial charge in [-0.1, -0.05) is 0 Å². The van der Waals surface area contributed by atoms with Crippen LogP contribution in [0.4, 0.5) is 0 Å². The number of aliphatic hydroxyl groups is 10. The first-order valence-corrected chi connectivity index (χ1v) is 7.13. The fourth-order valence-corrected chi connectivity index (χ4v) is 3.26. The lowest BCUT2D eigenvalue weighted by Gasteiger charge is -2.59. The molecule has 10 atom stereocenters. The van der Waals surface area contributed by atoms with Crippen LogP contribution in [0.15, 0.2) is 0 Å². The van der Waals surface area contributed by atoms with Crippen LogP contribution in [0.2, 0.25) is 0 Å². The number of hydrogen-bond donors (Lipinski definition) is 10. The average molecular weight is 358 g/mol. The highest BCUT2D eigenvalue weighted by Gasteiger charge is 2.73. The predicted molar refractivity (Wildman–Crippen MR) is 69.9 cm³/mol. The standard InChI is InChI=1S/C12H22O12/c13-1-3-6(16)12(22,8(18)10(20)23-3)11(21)4(2-14)24-9(19)5(15)7(11)17/h3-10,13-22H,1-2H2/t3-,4-,5-,6+,7-,8+,9+,10+,11-,12+/m1/s1. The molecule has 2 heterocycles. The zero-order valence-electron chi connectivity index (χ0n) is 12.3. The van der Waals surface area contributed by atoms with E-state index in [0.717, 1.165) is 0 Å².